The zero-order valence-electron chi connectivity index (χ0n) is 15.8. The maximum atomic E-state index is 10.9. The monoisotopic (exact) mass is 377 g/mol. The van der Waals surface area contributed by atoms with E-state index in [9.17, 15) is 4.79 Å². The standard InChI is InChI=1S/C22H23N3O3/c1-2-15-7-3-4-9-19(15)21-24-20(25-28-21)16-8-5-6-14(10-16)13-23-18-11-17(12-18)22(26)27/h3-10,17-18,23H,2,11-13H2,1H3,(H,26,27). The predicted molar refractivity (Wildman–Crippen MR) is 106 cm³/mol. The van der Waals surface area contributed by atoms with E-state index >= 15 is 0 Å². The number of hydrogen-bond acceptors (Lipinski definition) is 5. The Hall–Kier alpha value is -2.99. The summed E-state index contributed by atoms with van der Waals surface area (Å²) < 4.78 is 5.51. The van der Waals surface area contributed by atoms with Gasteiger partial charge in [0.25, 0.3) is 5.89 Å². The molecule has 6 heteroatoms. The van der Waals surface area contributed by atoms with Crippen LogP contribution in [0.2, 0.25) is 0 Å². The van der Waals surface area contributed by atoms with Crippen molar-refractivity contribution in [3.63, 3.8) is 0 Å². The van der Waals surface area contributed by atoms with Gasteiger partial charge >= 0.3 is 5.97 Å². The van der Waals surface area contributed by atoms with Crippen LogP contribution in [0.1, 0.15) is 30.9 Å². The fourth-order valence-corrected chi connectivity index (χ4v) is 3.56. The van der Waals surface area contributed by atoms with Gasteiger partial charge in [-0.2, -0.15) is 4.98 Å². The maximum Gasteiger partial charge on any atom is 0.306 e. The van der Waals surface area contributed by atoms with Gasteiger partial charge in [-0.25, -0.2) is 0 Å². The molecule has 1 aliphatic carbocycles. The van der Waals surface area contributed by atoms with Crippen molar-refractivity contribution in [3.05, 3.63) is 59.7 Å². The first-order chi connectivity index (χ1) is 13.6. The molecule has 1 heterocycles. The van der Waals surface area contributed by atoms with Gasteiger partial charge in [-0.05, 0) is 42.5 Å². The van der Waals surface area contributed by atoms with Crippen LogP contribution < -0.4 is 5.32 Å². The Morgan fingerprint density at radius 2 is 2.04 bits per heavy atom. The molecule has 28 heavy (non-hydrogen) atoms. The number of carboxylic acids is 1. The van der Waals surface area contributed by atoms with Crippen LogP contribution in [0.25, 0.3) is 22.8 Å². The van der Waals surface area contributed by atoms with Crippen molar-refractivity contribution < 1.29 is 14.4 Å². The summed E-state index contributed by atoms with van der Waals surface area (Å²) in [5.41, 5.74) is 4.16. The van der Waals surface area contributed by atoms with Gasteiger partial charge in [0.2, 0.25) is 5.82 Å². The number of carbonyl (C=O) groups is 1. The molecule has 6 nitrogen and oxygen atoms in total. The van der Waals surface area contributed by atoms with Gasteiger partial charge in [0.15, 0.2) is 0 Å². The number of rotatable bonds is 7. The molecule has 4 rings (SSSR count). The zero-order valence-corrected chi connectivity index (χ0v) is 15.8. The molecule has 1 aliphatic rings. The number of carboxylic acid groups (broad SMARTS) is 1. The first-order valence-electron chi connectivity index (χ1n) is 9.61. The average Bonchev–Trinajstić information content (AvgIpc) is 3.17. The number of hydrogen-bond donors (Lipinski definition) is 2. The van der Waals surface area contributed by atoms with Crippen molar-refractivity contribution in [2.75, 3.05) is 0 Å². The van der Waals surface area contributed by atoms with E-state index < -0.39 is 5.97 Å². The number of aryl methyl sites for hydroxylation is 1. The van der Waals surface area contributed by atoms with Crippen molar-refractivity contribution in [1.82, 2.24) is 15.5 Å². The van der Waals surface area contributed by atoms with Crippen LogP contribution in [0.15, 0.2) is 53.1 Å². The summed E-state index contributed by atoms with van der Waals surface area (Å²) in [6, 6.07) is 16.3. The molecule has 2 N–H and O–H groups in total. The van der Waals surface area contributed by atoms with E-state index in [0.29, 0.717) is 31.1 Å². The second-order valence-corrected chi connectivity index (χ2v) is 7.22. The third-order valence-electron chi connectivity index (χ3n) is 5.32. The molecule has 144 valence electrons. The number of aromatic nitrogens is 2. The quantitative estimate of drug-likeness (QED) is 0.649. The summed E-state index contributed by atoms with van der Waals surface area (Å²) in [7, 11) is 0. The Morgan fingerprint density at radius 3 is 2.82 bits per heavy atom. The van der Waals surface area contributed by atoms with Crippen LogP contribution in [0.4, 0.5) is 0 Å². The minimum atomic E-state index is -0.697. The third kappa shape index (κ3) is 3.82. The summed E-state index contributed by atoms with van der Waals surface area (Å²) in [5.74, 6) is 0.202. The maximum absolute atomic E-state index is 10.9. The molecule has 3 aromatic rings. The second-order valence-electron chi connectivity index (χ2n) is 7.22. The molecule has 0 unspecified atom stereocenters. The van der Waals surface area contributed by atoms with Gasteiger partial charge in [-0.15, -0.1) is 0 Å². The van der Waals surface area contributed by atoms with Gasteiger partial charge in [0.1, 0.15) is 0 Å². The number of nitrogens with one attached hydrogen (secondary N) is 1. The summed E-state index contributed by atoms with van der Waals surface area (Å²) >= 11 is 0. The Morgan fingerprint density at radius 1 is 1.21 bits per heavy atom. The summed E-state index contributed by atoms with van der Waals surface area (Å²) in [6.45, 7) is 2.79. The summed E-state index contributed by atoms with van der Waals surface area (Å²) in [5, 5.41) is 16.5. The van der Waals surface area contributed by atoms with Gasteiger partial charge in [-0.1, -0.05) is 48.5 Å². The molecule has 0 aliphatic heterocycles. The molecular formula is C22H23N3O3. The van der Waals surface area contributed by atoms with Gasteiger partial charge in [0.05, 0.1) is 5.92 Å². The smallest absolute Gasteiger partial charge is 0.306 e. The minimum absolute atomic E-state index is 0.201. The number of aliphatic carboxylic acids is 1. The average molecular weight is 377 g/mol. The molecule has 0 amide bonds. The first kappa shape index (κ1) is 18.4. The Balaban J connectivity index is 1.45. The van der Waals surface area contributed by atoms with Crippen LogP contribution in [0.5, 0.6) is 0 Å². The Kier molecular flexibility index (Phi) is 5.21. The van der Waals surface area contributed by atoms with Crippen molar-refractivity contribution in [3.8, 4) is 22.8 Å². The SMILES string of the molecule is CCc1ccccc1-c1nc(-c2cccc(CNC3CC(C(=O)O)C3)c2)no1. The fraction of sp³-hybridized carbons (Fsp3) is 0.318. The van der Waals surface area contributed by atoms with Gasteiger partial charge < -0.3 is 14.9 Å². The summed E-state index contributed by atoms with van der Waals surface area (Å²) in [4.78, 5) is 15.5. The van der Waals surface area contributed by atoms with E-state index in [0.717, 1.165) is 23.1 Å². The molecular weight excluding hydrogens is 354 g/mol. The lowest BCUT2D eigenvalue weighted by molar-refractivity contribution is -0.145. The highest BCUT2D eigenvalue weighted by molar-refractivity contribution is 5.71. The zero-order chi connectivity index (χ0) is 19.5. The van der Waals surface area contributed by atoms with Crippen molar-refractivity contribution in [1.29, 1.82) is 0 Å². The summed E-state index contributed by atoms with van der Waals surface area (Å²) in [6.07, 6.45) is 2.29. The molecule has 0 spiro atoms. The van der Waals surface area contributed by atoms with E-state index in [4.69, 9.17) is 9.63 Å². The van der Waals surface area contributed by atoms with E-state index in [-0.39, 0.29) is 12.0 Å². The van der Waals surface area contributed by atoms with E-state index in [1.54, 1.807) is 0 Å². The number of nitrogens with zero attached hydrogens (tertiary/aromatic N) is 2. The van der Waals surface area contributed by atoms with Crippen molar-refractivity contribution >= 4 is 5.97 Å². The second kappa shape index (κ2) is 7.94. The minimum Gasteiger partial charge on any atom is -0.481 e. The lowest BCUT2D eigenvalue weighted by Gasteiger charge is -2.33. The normalized spacial score (nSPS) is 18.6. The van der Waals surface area contributed by atoms with Crippen LogP contribution >= 0.6 is 0 Å². The third-order valence-corrected chi connectivity index (χ3v) is 5.32. The predicted octanol–water partition coefficient (Wildman–Crippen LogP) is 3.92. The Labute approximate surface area is 163 Å². The van der Waals surface area contributed by atoms with Crippen molar-refractivity contribution in [2.45, 2.75) is 38.8 Å². The van der Waals surface area contributed by atoms with Crippen LogP contribution in [0, 0.1) is 5.92 Å². The highest BCUT2D eigenvalue weighted by Gasteiger charge is 2.33. The first-order valence-corrected chi connectivity index (χ1v) is 9.61. The van der Waals surface area contributed by atoms with Crippen LogP contribution in [0.3, 0.4) is 0 Å². The molecule has 0 bridgehead atoms. The topological polar surface area (TPSA) is 88.2 Å². The molecule has 1 fully saturated rings. The van der Waals surface area contributed by atoms with Gasteiger partial charge in [-0.3, -0.25) is 4.79 Å². The van der Waals surface area contributed by atoms with Crippen molar-refractivity contribution in [2.24, 2.45) is 5.92 Å². The molecule has 0 atom stereocenters. The lowest BCUT2D eigenvalue weighted by Crippen LogP contribution is -2.43. The molecule has 1 saturated carbocycles. The fourth-order valence-electron chi connectivity index (χ4n) is 3.56. The van der Waals surface area contributed by atoms with Gasteiger partial charge in [0, 0.05) is 23.7 Å². The van der Waals surface area contributed by atoms with E-state index in [1.807, 2.05) is 42.5 Å². The molecule has 2 aromatic carbocycles. The highest BCUT2D eigenvalue weighted by atomic mass is 16.5. The Bertz CT molecular complexity index is 976. The molecule has 0 radical (unpaired) electrons. The van der Waals surface area contributed by atoms with E-state index in [2.05, 4.69) is 28.4 Å². The lowest BCUT2D eigenvalue weighted by atomic mass is 9.80. The molecule has 1 aromatic heterocycles. The number of benzene rings is 2. The highest BCUT2D eigenvalue weighted by Crippen LogP contribution is 2.28. The van der Waals surface area contributed by atoms with E-state index in [1.165, 1.54) is 5.56 Å². The van der Waals surface area contributed by atoms with Crippen LogP contribution in [-0.2, 0) is 17.8 Å². The largest absolute Gasteiger partial charge is 0.481 e. The van der Waals surface area contributed by atoms with Crippen LogP contribution in [-0.4, -0.2) is 27.3 Å². The molecule has 0 saturated heterocycles.